The lowest BCUT2D eigenvalue weighted by molar-refractivity contribution is 0.0519. The van der Waals surface area contributed by atoms with Crippen molar-refractivity contribution in [3.8, 4) is 5.75 Å². The predicted octanol–water partition coefficient (Wildman–Crippen LogP) is 2.63. The van der Waals surface area contributed by atoms with E-state index >= 15 is 0 Å². The molecule has 0 unspecified atom stereocenters. The van der Waals surface area contributed by atoms with Crippen LogP contribution in [-0.4, -0.2) is 31.7 Å². The molecular weight excluding hydrogens is 260 g/mol. The van der Waals surface area contributed by atoms with Gasteiger partial charge in [-0.1, -0.05) is 6.07 Å². The Kier molecular flexibility index (Phi) is 4.24. The molecule has 6 nitrogen and oxygen atoms in total. The average Bonchev–Trinajstić information content (AvgIpc) is 2.96. The van der Waals surface area contributed by atoms with E-state index in [4.69, 9.17) is 13.9 Å². The van der Waals surface area contributed by atoms with Crippen molar-refractivity contribution in [2.45, 2.75) is 6.92 Å². The molecule has 0 N–H and O–H groups in total. The van der Waals surface area contributed by atoms with Gasteiger partial charge in [0.15, 0.2) is 5.69 Å². The van der Waals surface area contributed by atoms with E-state index in [-0.39, 0.29) is 5.69 Å². The molecule has 0 saturated heterocycles. The fraction of sp³-hybridized carbons (Fsp3) is 0.286. The molecule has 0 aliphatic carbocycles. The molecule has 20 heavy (non-hydrogen) atoms. The largest absolute Gasteiger partial charge is 0.497 e. The maximum Gasteiger partial charge on any atom is 0.360 e. The van der Waals surface area contributed by atoms with E-state index in [9.17, 15) is 4.79 Å². The number of esters is 1. The Morgan fingerprint density at radius 1 is 1.45 bits per heavy atom. The first-order valence-electron chi connectivity index (χ1n) is 6.16. The number of hydrogen-bond donors (Lipinski definition) is 0. The maximum absolute atomic E-state index is 11.5. The number of nitrogens with zero attached hydrogens (tertiary/aromatic N) is 2. The zero-order valence-electron chi connectivity index (χ0n) is 11.6. The lowest BCUT2D eigenvalue weighted by atomic mass is 10.3. The third-order valence-electron chi connectivity index (χ3n) is 2.70. The lowest BCUT2D eigenvalue weighted by Crippen LogP contribution is -2.11. The number of ether oxygens (including phenoxy) is 2. The molecular formula is C14H16N2O4. The van der Waals surface area contributed by atoms with Gasteiger partial charge in [-0.3, -0.25) is 4.90 Å². The highest BCUT2D eigenvalue weighted by molar-refractivity contribution is 5.87. The molecule has 0 aliphatic rings. The highest BCUT2D eigenvalue weighted by atomic mass is 16.5. The second-order valence-corrected chi connectivity index (χ2v) is 4.00. The highest BCUT2D eigenvalue weighted by Crippen LogP contribution is 2.26. The van der Waals surface area contributed by atoms with Crippen LogP contribution >= 0.6 is 0 Å². The number of rotatable bonds is 5. The van der Waals surface area contributed by atoms with E-state index in [1.165, 1.54) is 6.26 Å². The smallest absolute Gasteiger partial charge is 0.360 e. The standard InChI is InChI=1S/C14H16N2O4/c1-4-19-13(17)12-9-20-14(15-12)16(2)10-6-5-7-11(8-10)18-3/h5-9H,4H2,1-3H3. The Labute approximate surface area is 116 Å². The van der Waals surface area contributed by atoms with E-state index in [1.54, 1.807) is 26.0 Å². The normalized spacial score (nSPS) is 10.2. The molecule has 2 aromatic rings. The minimum absolute atomic E-state index is 0.150. The van der Waals surface area contributed by atoms with Crippen LogP contribution < -0.4 is 9.64 Å². The minimum atomic E-state index is -0.499. The van der Waals surface area contributed by atoms with Crippen molar-refractivity contribution in [1.29, 1.82) is 0 Å². The zero-order valence-corrected chi connectivity index (χ0v) is 11.6. The third kappa shape index (κ3) is 2.90. The third-order valence-corrected chi connectivity index (χ3v) is 2.70. The van der Waals surface area contributed by atoms with Gasteiger partial charge in [0.25, 0.3) is 0 Å². The van der Waals surface area contributed by atoms with Crippen LogP contribution in [0.15, 0.2) is 34.9 Å². The fourth-order valence-corrected chi connectivity index (χ4v) is 1.65. The van der Waals surface area contributed by atoms with Crippen molar-refractivity contribution >= 4 is 17.7 Å². The summed E-state index contributed by atoms with van der Waals surface area (Å²) in [5, 5.41) is 0. The minimum Gasteiger partial charge on any atom is -0.497 e. The van der Waals surface area contributed by atoms with Crippen molar-refractivity contribution in [3.05, 3.63) is 36.2 Å². The molecule has 0 atom stereocenters. The van der Waals surface area contributed by atoms with Crippen molar-refractivity contribution < 1.29 is 18.7 Å². The van der Waals surface area contributed by atoms with Crippen molar-refractivity contribution in [3.63, 3.8) is 0 Å². The summed E-state index contributed by atoms with van der Waals surface area (Å²) in [6, 6.07) is 7.74. The molecule has 2 rings (SSSR count). The molecule has 0 aliphatic heterocycles. The van der Waals surface area contributed by atoms with E-state index < -0.39 is 5.97 Å². The number of benzene rings is 1. The van der Waals surface area contributed by atoms with Crippen LogP contribution in [0.5, 0.6) is 5.75 Å². The summed E-state index contributed by atoms with van der Waals surface area (Å²) in [6.07, 6.45) is 1.28. The van der Waals surface area contributed by atoms with Gasteiger partial charge in [-0.25, -0.2) is 4.79 Å². The quantitative estimate of drug-likeness (QED) is 0.782. The second kappa shape index (κ2) is 6.10. The van der Waals surface area contributed by atoms with E-state index in [1.807, 2.05) is 24.3 Å². The van der Waals surface area contributed by atoms with Crippen molar-refractivity contribution in [1.82, 2.24) is 4.98 Å². The van der Waals surface area contributed by atoms with Gasteiger partial charge >= 0.3 is 12.0 Å². The van der Waals surface area contributed by atoms with Gasteiger partial charge in [0, 0.05) is 18.8 Å². The first kappa shape index (κ1) is 13.9. The van der Waals surface area contributed by atoms with Crippen LogP contribution in [0.2, 0.25) is 0 Å². The van der Waals surface area contributed by atoms with Crippen LogP contribution in [-0.2, 0) is 4.74 Å². The van der Waals surface area contributed by atoms with Gasteiger partial charge in [0.05, 0.1) is 13.7 Å². The Hall–Kier alpha value is -2.50. The van der Waals surface area contributed by atoms with Gasteiger partial charge < -0.3 is 13.9 Å². The summed E-state index contributed by atoms with van der Waals surface area (Å²) < 4.78 is 15.3. The first-order valence-corrected chi connectivity index (χ1v) is 6.16. The maximum atomic E-state index is 11.5. The number of oxazole rings is 1. The van der Waals surface area contributed by atoms with Crippen LogP contribution in [0.1, 0.15) is 17.4 Å². The number of carbonyl (C=O) groups excluding carboxylic acids is 1. The summed E-state index contributed by atoms with van der Waals surface area (Å²) in [7, 11) is 3.39. The topological polar surface area (TPSA) is 64.8 Å². The molecule has 1 aromatic carbocycles. The Morgan fingerprint density at radius 3 is 2.95 bits per heavy atom. The summed E-state index contributed by atoms with van der Waals surface area (Å²) in [5.74, 6) is 0.230. The summed E-state index contributed by atoms with van der Waals surface area (Å²) in [6.45, 7) is 2.04. The summed E-state index contributed by atoms with van der Waals surface area (Å²) >= 11 is 0. The van der Waals surface area contributed by atoms with E-state index in [0.29, 0.717) is 12.6 Å². The highest BCUT2D eigenvalue weighted by Gasteiger charge is 2.16. The molecule has 0 saturated carbocycles. The number of anilines is 2. The molecule has 106 valence electrons. The molecule has 1 heterocycles. The summed E-state index contributed by atoms with van der Waals surface area (Å²) in [5.41, 5.74) is 0.984. The van der Waals surface area contributed by atoms with E-state index in [0.717, 1.165) is 11.4 Å². The van der Waals surface area contributed by atoms with Crippen LogP contribution in [0, 0.1) is 0 Å². The van der Waals surface area contributed by atoms with Gasteiger partial charge in [-0.05, 0) is 19.1 Å². The monoisotopic (exact) mass is 276 g/mol. The Bertz CT molecular complexity index is 594. The SMILES string of the molecule is CCOC(=O)c1coc(N(C)c2cccc(OC)c2)n1. The number of aromatic nitrogens is 1. The van der Waals surface area contributed by atoms with Gasteiger partial charge in [0.1, 0.15) is 12.0 Å². The molecule has 0 fully saturated rings. The molecule has 0 radical (unpaired) electrons. The van der Waals surface area contributed by atoms with Crippen LogP contribution in [0.25, 0.3) is 0 Å². The van der Waals surface area contributed by atoms with E-state index in [2.05, 4.69) is 4.98 Å². The van der Waals surface area contributed by atoms with Crippen molar-refractivity contribution in [2.24, 2.45) is 0 Å². The lowest BCUT2D eigenvalue weighted by Gasteiger charge is -2.15. The number of hydrogen-bond acceptors (Lipinski definition) is 6. The molecule has 6 heteroatoms. The summed E-state index contributed by atoms with van der Waals surface area (Å²) in [4.78, 5) is 17.4. The van der Waals surface area contributed by atoms with Gasteiger partial charge in [-0.2, -0.15) is 4.98 Å². The predicted molar refractivity (Wildman–Crippen MR) is 73.5 cm³/mol. The molecule has 0 amide bonds. The number of carbonyl (C=O) groups is 1. The van der Waals surface area contributed by atoms with Crippen LogP contribution in [0.4, 0.5) is 11.7 Å². The first-order chi connectivity index (χ1) is 9.65. The fourth-order valence-electron chi connectivity index (χ4n) is 1.65. The molecule has 1 aromatic heterocycles. The number of methoxy groups -OCH3 is 1. The average molecular weight is 276 g/mol. The van der Waals surface area contributed by atoms with Gasteiger partial charge in [-0.15, -0.1) is 0 Å². The van der Waals surface area contributed by atoms with Crippen LogP contribution in [0.3, 0.4) is 0 Å². The van der Waals surface area contributed by atoms with Crippen molar-refractivity contribution in [2.75, 3.05) is 25.7 Å². The molecule has 0 spiro atoms. The second-order valence-electron chi connectivity index (χ2n) is 4.00. The Balaban J connectivity index is 2.20. The van der Waals surface area contributed by atoms with Gasteiger partial charge in [0.2, 0.25) is 0 Å². The Morgan fingerprint density at radius 2 is 2.25 bits per heavy atom. The zero-order chi connectivity index (χ0) is 14.5. The molecule has 0 bridgehead atoms.